The zero-order valence-electron chi connectivity index (χ0n) is 17.9. The molecule has 4 rings (SSSR count). The zero-order valence-corrected chi connectivity index (χ0v) is 17.9. The van der Waals surface area contributed by atoms with Crippen LogP contribution >= 0.6 is 0 Å². The predicted octanol–water partition coefficient (Wildman–Crippen LogP) is 5.45. The molecule has 1 amide bonds. The second-order valence-electron chi connectivity index (χ2n) is 7.56. The molecule has 0 heterocycles. The number of ether oxygens (including phenoxy) is 2. The van der Waals surface area contributed by atoms with Crippen LogP contribution in [0.2, 0.25) is 0 Å². The van der Waals surface area contributed by atoms with Crippen molar-refractivity contribution in [2.24, 2.45) is 0 Å². The Kier molecular flexibility index (Phi) is 6.66. The topological polar surface area (TPSA) is 64.6 Å². The van der Waals surface area contributed by atoms with Gasteiger partial charge in [0.2, 0.25) is 0 Å². The van der Waals surface area contributed by atoms with Crippen molar-refractivity contribution < 1.29 is 19.1 Å². The molecular weight excluding hydrogens is 402 g/mol. The van der Waals surface area contributed by atoms with E-state index in [1.54, 1.807) is 25.3 Å². The molecule has 0 fully saturated rings. The molecule has 1 N–H and O–H groups in total. The van der Waals surface area contributed by atoms with Gasteiger partial charge in [-0.15, -0.1) is 0 Å². The van der Waals surface area contributed by atoms with Crippen LogP contribution in [-0.4, -0.2) is 32.6 Å². The maximum Gasteiger partial charge on any atom is 0.407 e. The molecule has 0 bridgehead atoms. The van der Waals surface area contributed by atoms with Gasteiger partial charge in [-0.2, -0.15) is 0 Å². The lowest BCUT2D eigenvalue weighted by atomic mass is 9.98. The molecular formula is C27H25NO4. The molecule has 162 valence electrons. The first-order valence-corrected chi connectivity index (χ1v) is 10.6. The Morgan fingerprint density at radius 1 is 0.969 bits per heavy atom. The highest BCUT2D eigenvalue weighted by Gasteiger charge is 2.28. The van der Waals surface area contributed by atoms with Crippen molar-refractivity contribution in [3.63, 3.8) is 0 Å². The normalized spacial score (nSPS) is 12.3. The number of nitrogens with one attached hydrogen (secondary N) is 1. The van der Waals surface area contributed by atoms with Gasteiger partial charge in [0.25, 0.3) is 0 Å². The summed E-state index contributed by atoms with van der Waals surface area (Å²) in [6.07, 6.45) is 4.75. The third-order valence-electron chi connectivity index (χ3n) is 5.64. The van der Waals surface area contributed by atoms with E-state index in [1.165, 1.54) is 22.3 Å². The quantitative estimate of drug-likeness (QED) is 0.384. The number of fused-ring (bicyclic) bond motifs is 3. The minimum Gasteiger partial charge on any atom is -0.497 e. The van der Waals surface area contributed by atoms with Crippen LogP contribution in [0.5, 0.6) is 5.75 Å². The zero-order chi connectivity index (χ0) is 22.3. The Balaban J connectivity index is 1.29. The molecule has 0 atom stereocenters. The van der Waals surface area contributed by atoms with E-state index in [1.807, 2.05) is 36.4 Å². The van der Waals surface area contributed by atoms with E-state index in [0.717, 1.165) is 11.8 Å². The van der Waals surface area contributed by atoms with Crippen molar-refractivity contribution in [1.82, 2.24) is 5.32 Å². The molecule has 3 aromatic carbocycles. The van der Waals surface area contributed by atoms with Crippen molar-refractivity contribution in [3.8, 4) is 16.9 Å². The molecule has 5 heteroatoms. The molecule has 0 saturated carbocycles. The molecule has 1 aliphatic rings. The largest absolute Gasteiger partial charge is 0.497 e. The summed E-state index contributed by atoms with van der Waals surface area (Å²) in [5.41, 5.74) is 6.15. The molecule has 32 heavy (non-hydrogen) atoms. The lowest BCUT2D eigenvalue weighted by Gasteiger charge is -2.14. The Bertz CT molecular complexity index is 1110. The summed E-state index contributed by atoms with van der Waals surface area (Å²) in [4.78, 5) is 23.4. The number of rotatable bonds is 8. The van der Waals surface area contributed by atoms with Crippen LogP contribution in [0.15, 0.2) is 72.8 Å². The number of hydrogen-bond donors (Lipinski definition) is 1. The number of aldehydes is 1. The van der Waals surface area contributed by atoms with Crippen LogP contribution in [-0.2, 0) is 4.74 Å². The second kappa shape index (κ2) is 9.96. The van der Waals surface area contributed by atoms with E-state index in [-0.39, 0.29) is 5.92 Å². The van der Waals surface area contributed by atoms with Crippen LogP contribution in [0.25, 0.3) is 17.2 Å². The minimum atomic E-state index is -0.435. The fourth-order valence-corrected chi connectivity index (χ4v) is 4.05. The van der Waals surface area contributed by atoms with Gasteiger partial charge < -0.3 is 14.8 Å². The number of alkyl carbamates (subject to hydrolysis) is 1. The van der Waals surface area contributed by atoms with Crippen molar-refractivity contribution in [3.05, 3.63) is 95.1 Å². The van der Waals surface area contributed by atoms with E-state index in [0.29, 0.717) is 30.9 Å². The maximum atomic E-state index is 12.2. The SMILES string of the molecule is COc1ccc(C=O)c(C=CCCNC(=O)OCC2c3ccccc3-c3ccccc32)c1. The minimum absolute atomic E-state index is 0.0443. The average Bonchev–Trinajstić information content (AvgIpc) is 3.16. The van der Waals surface area contributed by atoms with Crippen LogP contribution in [0.1, 0.15) is 39.4 Å². The molecule has 5 nitrogen and oxygen atoms in total. The van der Waals surface area contributed by atoms with E-state index in [9.17, 15) is 9.59 Å². The van der Waals surface area contributed by atoms with E-state index in [4.69, 9.17) is 9.47 Å². The highest BCUT2D eigenvalue weighted by molar-refractivity contribution is 5.82. The van der Waals surface area contributed by atoms with Gasteiger partial charge in [-0.1, -0.05) is 60.7 Å². The molecule has 3 aromatic rings. The highest BCUT2D eigenvalue weighted by Crippen LogP contribution is 2.44. The second-order valence-corrected chi connectivity index (χ2v) is 7.56. The van der Waals surface area contributed by atoms with Gasteiger partial charge in [-0.05, 0) is 52.4 Å². The Morgan fingerprint density at radius 3 is 2.31 bits per heavy atom. The maximum absolute atomic E-state index is 12.2. The third-order valence-corrected chi connectivity index (χ3v) is 5.64. The monoisotopic (exact) mass is 427 g/mol. The first-order valence-electron chi connectivity index (χ1n) is 10.6. The number of carbonyl (C=O) groups is 2. The lowest BCUT2D eigenvalue weighted by molar-refractivity contribution is 0.112. The van der Waals surface area contributed by atoms with Gasteiger partial charge in [-0.3, -0.25) is 4.79 Å². The fourth-order valence-electron chi connectivity index (χ4n) is 4.05. The van der Waals surface area contributed by atoms with Crippen molar-refractivity contribution in [1.29, 1.82) is 0 Å². The number of benzene rings is 3. The number of hydrogen-bond acceptors (Lipinski definition) is 4. The third kappa shape index (κ3) is 4.57. The summed E-state index contributed by atoms with van der Waals surface area (Å²) in [5.74, 6) is 0.731. The first kappa shape index (κ1) is 21.4. The van der Waals surface area contributed by atoms with Gasteiger partial charge >= 0.3 is 6.09 Å². The number of amides is 1. The summed E-state index contributed by atoms with van der Waals surface area (Å²) in [7, 11) is 1.59. The van der Waals surface area contributed by atoms with Crippen LogP contribution < -0.4 is 10.1 Å². The van der Waals surface area contributed by atoms with Gasteiger partial charge in [0.15, 0.2) is 6.29 Å². The van der Waals surface area contributed by atoms with E-state index in [2.05, 4.69) is 29.6 Å². The molecule has 0 spiro atoms. The van der Waals surface area contributed by atoms with Crippen molar-refractivity contribution in [2.45, 2.75) is 12.3 Å². The van der Waals surface area contributed by atoms with Gasteiger partial charge in [0.05, 0.1) is 7.11 Å². The van der Waals surface area contributed by atoms with Crippen molar-refractivity contribution in [2.75, 3.05) is 20.3 Å². The summed E-state index contributed by atoms with van der Waals surface area (Å²) in [6, 6.07) is 21.8. The number of methoxy groups -OCH3 is 1. The Morgan fingerprint density at radius 2 is 1.66 bits per heavy atom. The number of carbonyl (C=O) groups excluding carboxylic acids is 2. The van der Waals surface area contributed by atoms with E-state index >= 15 is 0 Å². The van der Waals surface area contributed by atoms with E-state index < -0.39 is 6.09 Å². The molecule has 0 radical (unpaired) electrons. The van der Waals surface area contributed by atoms with Gasteiger partial charge in [-0.25, -0.2) is 4.79 Å². The van der Waals surface area contributed by atoms with Gasteiger partial charge in [0, 0.05) is 18.0 Å². The van der Waals surface area contributed by atoms with Crippen LogP contribution in [0, 0.1) is 0 Å². The highest BCUT2D eigenvalue weighted by atomic mass is 16.5. The Hall–Kier alpha value is -3.86. The summed E-state index contributed by atoms with van der Waals surface area (Å²) < 4.78 is 10.7. The molecule has 0 aromatic heterocycles. The Labute approximate surface area is 187 Å². The van der Waals surface area contributed by atoms with Crippen LogP contribution in [0.4, 0.5) is 4.79 Å². The molecule has 0 saturated heterocycles. The average molecular weight is 428 g/mol. The lowest BCUT2D eigenvalue weighted by Crippen LogP contribution is -2.26. The van der Waals surface area contributed by atoms with Crippen LogP contribution in [0.3, 0.4) is 0 Å². The standard InChI is InChI=1S/C27H25NO4/c1-31-21-14-13-20(17-29)19(16-21)8-6-7-15-28-27(30)32-18-26-24-11-4-2-9-22(24)23-10-3-5-12-25(23)26/h2-6,8-14,16-17,26H,7,15,18H2,1H3,(H,28,30). The summed E-state index contributed by atoms with van der Waals surface area (Å²) in [6.45, 7) is 0.732. The fraction of sp³-hybridized carbons (Fsp3) is 0.185. The predicted molar refractivity (Wildman–Crippen MR) is 125 cm³/mol. The molecule has 1 aliphatic carbocycles. The molecule has 0 aliphatic heterocycles. The summed E-state index contributed by atoms with van der Waals surface area (Å²) >= 11 is 0. The smallest absolute Gasteiger partial charge is 0.407 e. The first-order chi connectivity index (χ1) is 15.7. The summed E-state index contributed by atoms with van der Waals surface area (Å²) in [5, 5.41) is 2.79. The van der Waals surface area contributed by atoms with Crippen molar-refractivity contribution >= 4 is 18.5 Å². The van der Waals surface area contributed by atoms with Gasteiger partial charge in [0.1, 0.15) is 12.4 Å². The molecule has 0 unspecified atom stereocenters.